The highest BCUT2D eigenvalue weighted by atomic mass is 19.1. The van der Waals surface area contributed by atoms with E-state index in [1.165, 1.54) is 44.2 Å². The zero-order chi connectivity index (χ0) is 13.0. The number of halogens is 2. The van der Waals surface area contributed by atoms with E-state index in [4.69, 9.17) is 0 Å². The second-order valence-electron chi connectivity index (χ2n) is 5.18. The van der Waals surface area contributed by atoms with Gasteiger partial charge in [-0.3, -0.25) is 0 Å². The lowest BCUT2D eigenvalue weighted by atomic mass is 9.83. The fraction of sp³-hybridized carbons (Fsp3) is 0.600. The fourth-order valence-electron chi connectivity index (χ4n) is 2.87. The average Bonchev–Trinajstić information content (AvgIpc) is 2.38. The van der Waals surface area contributed by atoms with Crippen LogP contribution in [0.1, 0.15) is 44.6 Å². The minimum Gasteiger partial charge on any atom is -0.310 e. The molecule has 1 aromatic rings. The van der Waals surface area contributed by atoms with Crippen molar-refractivity contribution in [3.05, 3.63) is 35.4 Å². The van der Waals surface area contributed by atoms with Crippen LogP contribution in [0.4, 0.5) is 8.78 Å². The first-order valence-electron chi connectivity index (χ1n) is 6.88. The Kier molecular flexibility index (Phi) is 4.70. The maximum atomic E-state index is 13.5. The summed E-state index contributed by atoms with van der Waals surface area (Å²) in [4.78, 5) is 0. The van der Waals surface area contributed by atoms with Gasteiger partial charge in [0.2, 0.25) is 0 Å². The predicted octanol–water partition coefficient (Wildman–Crippen LogP) is 4.02. The van der Waals surface area contributed by atoms with E-state index in [0.717, 1.165) is 6.07 Å². The van der Waals surface area contributed by atoms with Crippen molar-refractivity contribution in [1.82, 2.24) is 5.32 Å². The third-order valence-corrected chi connectivity index (χ3v) is 4.00. The van der Waals surface area contributed by atoms with Crippen molar-refractivity contribution in [2.45, 2.75) is 51.6 Å². The van der Waals surface area contributed by atoms with Crippen LogP contribution in [0.25, 0.3) is 0 Å². The number of nitrogens with one attached hydrogen (secondary N) is 1. The molecule has 18 heavy (non-hydrogen) atoms. The fourth-order valence-corrected chi connectivity index (χ4v) is 2.87. The molecule has 0 saturated heterocycles. The minimum atomic E-state index is -0.514. The van der Waals surface area contributed by atoms with Crippen molar-refractivity contribution in [3.63, 3.8) is 0 Å². The Bertz CT molecular complexity index is 392. The van der Waals surface area contributed by atoms with Crippen molar-refractivity contribution in [1.29, 1.82) is 0 Å². The first kappa shape index (κ1) is 13.5. The lowest BCUT2D eigenvalue weighted by Crippen LogP contribution is -2.38. The van der Waals surface area contributed by atoms with Gasteiger partial charge in [0, 0.05) is 24.2 Å². The van der Waals surface area contributed by atoms with E-state index < -0.39 is 11.6 Å². The molecule has 2 unspecified atom stereocenters. The standard InChI is InChI=1S/C15H21F2N/c1-2-11-5-3-4-6-15(11)18-10-12-7-8-13(16)9-14(12)17/h7-9,11,15,18H,2-6,10H2,1H3. The van der Waals surface area contributed by atoms with Crippen molar-refractivity contribution < 1.29 is 8.78 Å². The molecule has 1 aromatic carbocycles. The third kappa shape index (κ3) is 3.29. The Hall–Kier alpha value is -0.960. The highest BCUT2D eigenvalue weighted by molar-refractivity contribution is 5.18. The van der Waals surface area contributed by atoms with Crippen LogP contribution < -0.4 is 5.32 Å². The summed E-state index contributed by atoms with van der Waals surface area (Å²) in [6.45, 7) is 2.70. The molecule has 1 aliphatic rings. The van der Waals surface area contributed by atoms with Crippen molar-refractivity contribution in [2.24, 2.45) is 5.92 Å². The van der Waals surface area contributed by atoms with E-state index >= 15 is 0 Å². The second-order valence-corrected chi connectivity index (χ2v) is 5.18. The topological polar surface area (TPSA) is 12.0 Å². The van der Waals surface area contributed by atoms with Gasteiger partial charge >= 0.3 is 0 Å². The first-order valence-corrected chi connectivity index (χ1v) is 6.88. The van der Waals surface area contributed by atoms with Gasteiger partial charge in [0.1, 0.15) is 11.6 Å². The molecule has 1 N–H and O–H groups in total. The highest BCUT2D eigenvalue weighted by Crippen LogP contribution is 2.27. The SMILES string of the molecule is CCC1CCCCC1NCc1ccc(F)cc1F. The van der Waals surface area contributed by atoms with Crippen molar-refractivity contribution in [2.75, 3.05) is 0 Å². The number of hydrogen-bond donors (Lipinski definition) is 1. The van der Waals surface area contributed by atoms with Crippen LogP contribution in [0.2, 0.25) is 0 Å². The van der Waals surface area contributed by atoms with E-state index in [1.807, 2.05) is 0 Å². The maximum Gasteiger partial charge on any atom is 0.130 e. The molecule has 2 rings (SSSR count). The second kappa shape index (κ2) is 6.28. The van der Waals surface area contributed by atoms with Gasteiger partial charge in [0.15, 0.2) is 0 Å². The van der Waals surface area contributed by atoms with E-state index in [2.05, 4.69) is 12.2 Å². The molecule has 1 nitrogen and oxygen atoms in total. The number of rotatable bonds is 4. The predicted molar refractivity (Wildman–Crippen MR) is 69.2 cm³/mol. The zero-order valence-corrected chi connectivity index (χ0v) is 10.9. The van der Waals surface area contributed by atoms with Gasteiger partial charge < -0.3 is 5.32 Å². The summed E-state index contributed by atoms with van der Waals surface area (Å²) < 4.78 is 26.3. The van der Waals surface area contributed by atoms with Crippen LogP contribution in [0.3, 0.4) is 0 Å². The molecule has 1 aliphatic carbocycles. The van der Waals surface area contributed by atoms with Crippen molar-refractivity contribution >= 4 is 0 Å². The Morgan fingerprint density at radius 3 is 2.72 bits per heavy atom. The summed E-state index contributed by atoms with van der Waals surface area (Å²) in [5.74, 6) is -0.269. The summed E-state index contributed by atoms with van der Waals surface area (Å²) in [5.41, 5.74) is 0.553. The van der Waals surface area contributed by atoms with Gasteiger partial charge in [-0.05, 0) is 24.8 Å². The lowest BCUT2D eigenvalue weighted by Gasteiger charge is -2.31. The quantitative estimate of drug-likeness (QED) is 0.854. The zero-order valence-electron chi connectivity index (χ0n) is 10.9. The molecule has 0 bridgehead atoms. The highest BCUT2D eigenvalue weighted by Gasteiger charge is 2.23. The Morgan fingerprint density at radius 1 is 1.22 bits per heavy atom. The molecule has 0 spiro atoms. The van der Waals surface area contributed by atoms with Gasteiger partial charge in [0.05, 0.1) is 0 Å². The molecule has 1 fully saturated rings. The molecule has 2 atom stereocenters. The molecular formula is C15H21F2N. The average molecular weight is 253 g/mol. The Balaban J connectivity index is 1.93. The Labute approximate surface area is 108 Å². The van der Waals surface area contributed by atoms with E-state index in [-0.39, 0.29) is 0 Å². The van der Waals surface area contributed by atoms with E-state index in [1.54, 1.807) is 0 Å². The normalized spacial score (nSPS) is 24.2. The molecule has 100 valence electrons. The summed E-state index contributed by atoms with van der Waals surface area (Å²) >= 11 is 0. The van der Waals surface area contributed by atoms with Crippen LogP contribution in [-0.2, 0) is 6.54 Å². The Morgan fingerprint density at radius 2 is 2.00 bits per heavy atom. The molecular weight excluding hydrogens is 232 g/mol. The smallest absolute Gasteiger partial charge is 0.130 e. The molecule has 0 amide bonds. The van der Waals surface area contributed by atoms with E-state index in [0.29, 0.717) is 24.1 Å². The first-order chi connectivity index (χ1) is 8.70. The van der Waals surface area contributed by atoms with Crippen LogP contribution in [0.5, 0.6) is 0 Å². The largest absolute Gasteiger partial charge is 0.310 e. The van der Waals surface area contributed by atoms with Gasteiger partial charge in [0.25, 0.3) is 0 Å². The van der Waals surface area contributed by atoms with Crippen LogP contribution in [-0.4, -0.2) is 6.04 Å². The molecule has 1 saturated carbocycles. The summed E-state index contributed by atoms with van der Waals surface area (Å²) in [6.07, 6.45) is 6.16. The number of hydrogen-bond acceptors (Lipinski definition) is 1. The molecule has 0 radical (unpaired) electrons. The van der Waals surface area contributed by atoms with Crippen LogP contribution in [0, 0.1) is 17.6 Å². The lowest BCUT2D eigenvalue weighted by molar-refractivity contribution is 0.253. The molecule has 3 heteroatoms. The molecule has 0 heterocycles. The van der Waals surface area contributed by atoms with E-state index in [9.17, 15) is 8.78 Å². The van der Waals surface area contributed by atoms with Crippen LogP contribution >= 0.6 is 0 Å². The van der Waals surface area contributed by atoms with Crippen LogP contribution in [0.15, 0.2) is 18.2 Å². The van der Waals surface area contributed by atoms with Gasteiger partial charge in [-0.1, -0.05) is 32.3 Å². The van der Waals surface area contributed by atoms with Gasteiger partial charge in [-0.25, -0.2) is 8.78 Å². The summed E-state index contributed by atoms with van der Waals surface area (Å²) in [6, 6.07) is 4.28. The maximum absolute atomic E-state index is 13.5. The van der Waals surface area contributed by atoms with Gasteiger partial charge in [-0.15, -0.1) is 0 Å². The summed E-state index contributed by atoms with van der Waals surface area (Å²) in [5, 5.41) is 3.44. The summed E-state index contributed by atoms with van der Waals surface area (Å²) in [7, 11) is 0. The molecule has 0 aromatic heterocycles. The molecule has 0 aliphatic heterocycles. The number of benzene rings is 1. The van der Waals surface area contributed by atoms with Crippen molar-refractivity contribution in [3.8, 4) is 0 Å². The minimum absolute atomic E-state index is 0.452. The third-order valence-electron chi connectivity index (χ3n) is 4.00. The van der Waals surface area contributed by atoms with Gasteiger partial charge in [-0.2, -0.15) is 0 Å². The monoisotopic (exact) mass is 253 g/mol.